The predicted octanol–water partition coefficient (Wildman–Crippen LogP) is 2.56. The molecule has 0 aromatic heterocycles. The number of carbonyl (C=O) groups is 2. The maximum absolute atomic E-state index is 11.7. The highest BCUT2D eigenvalue weighted by Crippen LogP contribution is 2.23. The van der Waals surface area contributed by atoms with Crippen LogP contribution < -0.4 is 0 Å². The van der Waals surface area contributed by atoms with Crippen molar-refractivity contribution in [1.29, 1.82) is 0 Å². The molecular formula is C12H10Cl2N2O3. The van der Waals surface area contributed by atoms with Crippen LogP contribution in [0.4, 0.5) is 0 Å². The maximum Gasteiger partial charge on any atom is 0.352 e. The second kappa shape index (κ2) is 5.59. The van der Waals surface area contributed by atoms with Crippen LogP contribution in [0.2, 0.25) is 10.0 Å². The molecule has 0 fully saturated rings. The third-order valence-corrected chi connectivity index (χ3v) is 3.27. The van der Waals surface area contributed by atoms with Gasteiger partial charge in [-0.15, -0.1) is 0 Å². The fourth-order valence-electron chi connectivity index (χ4n) is 1.69. The van der Waals surface area contributed by atoms with E-state index < -0.39 is 5.97 Å². The molecule has 1 aromatic rings. The number of amides is 1. The Hall–Kier alpha value is -1.59. The lowest BCUT2D eigenvalue weighted by Gasteiger charge is -2.22. The minimum atomic E-state index is -1.11. The lowest BCUT2D eigenvalue weighted by atomic mass is 10.1. The fraction of sp³-hybridized carbons (Fsp3) is 0.250. The number of halogens is 2. The largest absolute Gasteiger partial charge is 0.477 e. The third-order valence-electron chi connectivity index (χ3n) is 2.69. The number of benzene rings is 1. The van der Waals surface area contributed by atoms with E-state index in [1.807, 2.05) is 0 Å². The zero-order valence-corrected chi connectivity index (χ0v) is 11.3. The van der Waals surface area contributed by atoms with Crippen LogP contribution in [0.1, 0.15) is 18.4 Å². The molecule has 0 atom stereocenters. The highest BCUT2D eigenvalue weighted by molar-refractivity contribution is 6.36. The van der Waals surface area contributed by atoms with E-state index in [4.69, 9.17) is 28.3 Å². The van der Waals surface area contributed by atoms with Gasteiger partial charge in [0, 0.05) is 22.9 Å². The lowest BCUT2D eigenvalue weighted by molar-refractivity contribution is -0.133. The molecule has 0 bridgehead atoms. The number of carboxylic acid groups (broad SMARTS) is 1. The molecule has 1 aliphatic rings. The molecule has 1 aromatic carbocycles. The number of aliphatic carboxylic acids is 1. The average Bonchev–Trinajstić information content (AvgIpc) is 2.34. The zero-order chi connectivity index (χ0) is 14.0. The quantitative estimate of drug-likeness (QED) is 0.932. The molecule has 1 amide bonds. The molecule has 0 saturated carbocycles. The summed E-state index contributed by atoms with van der Waals surface area (Å²) in [6.45, 7) is 0.131. The number of carboxylic acids is 1. The molecule has 1 aliphatic heterocycles. The van der Waals surface area contributed by atoms with Crippen molar-refractivity contribution in [2.75, 3.05) is 0 Å². The van der Waals surface area contributed by atoms with Crippen LogP contribution in [-0.2, 0) is 16.1 Å². The summed E-state index contributed by atoms with van der Waals surface area (Å²) < 4.78 is 0. The van der Waals surface area contributed by atoms with Gasteiger partial charge in [0.25, 0.3) is 0 Å². The minimum Gasteiger partial charge on any atom is -0.477 e. The Morgan fingerprint density at radius 3 is 2.74 bits per heavy atom. The summed E-state index contributed by atoms with van der Waals surface area (Å²) >= 11 is 11.8. The van der Waals surface area contributed by atoms with Gasteiger partial charge >= 0.3 is 5.97 Å². The summed E-state index contributed by atoms with van der Waals surface area (Å²) in [5.41, 5.74) is 0.638. The minimum absolute atomic E-state index is 0.0234. The lowest BCUT2D eigenvalue weighted by Crippen LogP contribution is -2.33. The Morgan fingerprint density at radius 2 is 2.11 bits per heavy atom. The molecule has 5 nitrogen and oxygen atoms in total. The molecule has 0 unspecified atom stereocenters. The van der Waals surface area contributed by atoms with Crippen LogP contribution in [0.5, 0.6) is 0 Å². The molecule has 2 rings (SSSR count). The topological polar surface area (TPSA) is 70.0 Å². The van der Waals surface area contributed by atoms with Crippen LogP contribution in [-0.4, -0.2) is 27.7 Å². The molecule has 1 N–H and O–H groups in total. The summed E-state index contributed by atoms with van der Waals surface area (Å²) in [5, 5.41) is 14.8. The molecule has 0 saturated heterocycles. The van der Waals surface area contributed by atoms with Crippen molar-refractivity contribution in [1.82, 2.24) is 5.01 Å². The second-order valence-electron chi connectivity index (χ2n) is 4.04. The molecule has 0 aliphatic carbocycles. The Bertz CT molecular complexity index is 572. The molecule has 7 heteroatoms. The van der Waals surface area contributed by atoms with Crippen molar-refractivity contribution in [2.45, 2.75) is 19.4 Å². The van der Waals surface area contributed by atoms with E-state index in [2.05, 4.69) is 5.10 Å². The Kier molecular flexibility index (Phi) is 4.07. The van der Waals surface area contributed by atoms with Crippen molar-refractivity contribution in [2.24, 2.45) is 5.10 Å². The number of rotatable bonds is 3. The van der Waals surface area contributed by atoms with E-state index in [-0.39, 0.29) is 31.0 Å². The van der Waals surface area contributed by atoms with Gasteiger partial charge in [-0.05, 0) is 17.7 Å². The van der Waals surface area contributed by atoms with Crippen molar-refractivity contribution in [3.8, 4) is 0 Å². The first-order valence-electron chi connectivity index (χ1n) is 5.52. The van der Waals surface area contributed by atoms with Crippen LogP contribution >= 0.6 is 23.2 Å². The van der Waals surface area contributed by atoms with Crippen molar-refractivity contribution in [3.63, 3.8) is 0 Å². The van der Waals surface area contributed by atoms with Gasteiger partial charge in [0.15, 0.2) is 0 Å². The smallest absolute Gasteiger partial charge is 0.352 e. The molecular weight excluding hydrogens is 291 g/mol. The highest BCUT2D eigenvalue weighted by atomic mass is 35.5. The molecule has 0 spiro atoms. The summed E-state index contributed by atoms with van der Waals surface area (Å²) in [6.07, 6.45) is 0.287. The summed E-state index contributed by atoms with van der Waals surface area (Å²) in [4.78, 5) is 22.6. The van der Waals surface area contributed by atoms with Gasteiger partial charge in [-0.25, -0.2) is 9.80 Å². The van der Waals surface area contributed by atoms with Gasteiger partial charge in [0.05, 0.1) is 6.54 Å². The Labute approximate surface area is 119 Å². The average molecular weight is 301 g/mol. The maximum atomic E-state index is 11.7. The summed E-state index contributed by atoms with van der Waals surface area (Å²) in [6, 6.07) is 4.90. The van der Waals surface area contributed by atoms with Crippen LogP contribution in [0, 0.1) is 0 Å². The standard InChI is InChI=1S/C12H10Cl2N2O3/c13-8-2-1-7(9(14)5-8)6-16-11(17)4-3-10(15-16)12(18)19/h1-2,5H,3-4,6H2,(H,18,19). The number of hydrogen-bond donors (Lipinski definition) is 1. The van der Waals surface area contributed by atoms with Crippen LogP contribution in [0.25, 0.3) is 0 Å². The first-order chi connectivity index (χ1) is 8.97. The SMILES string of the molecule is O=C(O)C1=NN(Cc2ccc(Cl)cc2Cl)C(=O)CC1. The van der Waals surface area contributed by atoms with E-state index in [0.29, 0.717) is 15.6 Å². The van der Waals surface area contributed by atoms with Gasteiger partial charge in [-0.3, -0.25) is 4.79 Å². The van der Waals surface area contributed by atoms with E-state index in [1.165, 1.54) is 0 Å². The number of hydrogen-bond acceptors (Lipinski definition) is 3. The second-order valence-corrected chi connectivity index (χ2v) is 4.88. The van der Waals surface area contributed by atoms with Gasteiger partial charge < -0.3 is 5.11 Å². The van der Waals surface area contributed by atoms with Crippen molar-refractivity contribution >= 4 is 40.8 Å². The normalized spacial score (nSPS) is 15.4. The molecule has 19 heavy (non-hydrogen) atoms. The van der Waals surface area contributed by atoms with E-state index in [1.54, 1.807) is 18.2 Å². The van der Waals surface area contributed by atoms with Gasteiger partial charge in [-0.2, -0.15) is 5.10 Å². The first-order valence-corrected chi connectivity index (χ1v) is 6.28. The van der Waals surface area contributed by atoms with Crippen molar-refractivity contribution in [3.05, 3.63) is 33.8 Å². The van der Waals surface area contributed by atoms with Crippen LogP contribution in [0.3, 0.4) is 0 Å². The number of nitrogens with zero attached hydrogens (tertiary/aromatic N) is 2. The van der Waals surface area contributed by atoms with E-state index in [0.717, 1.165) is 5.01 Å². The highest BCUT2D eigenvalue weighted by Gasteiger charge is 2.24. The van der Waals surface area contributed by atoms with Crippen molar-refractivity contribution < 1.29 is 14.7 Å². The number of carbonyl (C=O) groups excluding carboxylic acids is 1. The summed E-state index contributed by atoms with van der Waals surface area (Å²) in [7, 11) is 0. The van der Waals surface area contributed by atoms with Gasteiger partial charge in [-0.1, -0.05) is 29.3 Å². The predicted molar refractivity (Wildman–Crippen MR) is 71.3 cm³/mol. The van der Waals surface area contributed by atoms with Gasteiger partial charge in [0.1, 0.15) is 5.71 Å². The Morgan fingerprint density at radius 1 is 1.37 bits per heavy atom. The summed E-state index contributed by atoms with van der Waals surface area (Å²) in [5.74, 6) is -1.34. The van der Waals surface area contributed by atoms with E-state index >= 15 is 0 Å². The van der Waals surface area contributed by atoms with E-state index in [9.17, 15) is 9.59 Å². The number of hydrazone groups is 1. The van der Waals surface area contributed by atoms with Crippen LogP contribution in [0.15, 0.2) is 23.3 Å². The zero-order valence-electron chi connectivity index (χ0n) is 9.77. The Balaban J connectivity index is 2.23. The van der Waals surface area contributed by atoms with Gasteiger partial charge in [0.2, 0.25) is 5.91 Å². The third kappa shape index (κ3) is 3.24. The first kappa shape index (κ1) is 13.8. The fourth-order valence-corrected chi connectivity index (χ4v) is 2.16. The molecule has 1 heterocycles. The monoisotopic (exact) mass is 300 g/mol. The molecule has 0 radical (unpaired) electrons. The molecule has 100 valence electrons.